The van der Waals surface area contributed by atoms with Crippen molar-refractivity contribution in [2.45, 2.75) is 37.4 Å². The van der Waals surface area contributed by atoms with Crippen molar-refractivity contribution in [2.75, 3.05) is 58.5 Å². The highest BCUT2D eigenvalue weighted by atomic mass is 33.1. The Bertz CT molecular complexity index is 304. The molecule has 1 fully saturated rings. The highest BCUT2D eigenvalue weighted by Crippen LogP contribution is 2.39. The summed E-state index contributed by atoms with van der Waals surface area (Å²) in [5, 5.41) is 0.786. The Kier molecular flexibility index (Phi) is 15.1. The normalized spacial score (nSPS) is 17.3. The molecule has 1 heterocycles. The van der Waals surface area contributed by atoms with E-state index in [1.165, 1.54) is 18.6 Å². The molecule has 0 amide bonds. The largest absolute Gasteiger partial charge is 0.463 e. The second-order valence-electron chi connectivity index (χ2n) is 5.42. The van der Waals surface area contributed by atoms with Crippen molar-refractivity contribution in [3.63, 3.8) is 0 Å². The molecular weight excluding hydrogens is 350 g/mol. The summed E-state index contributed by atoms with van der Waals surface area (Å²) in [5.74, 6) is 1.14. The first-order valence-electron chi connectivity index (χ1n) is 8.70. The fourth-order valence-corrected chi connectivity index (χ4v) is 5.15. The van der Waals surface area contributed by atoms with E-state index in [-0.39, 0.29) is 5.97 Å². The van der Waals surface area contributed by atoms with Crippen molar-refractivity contribution in [2.24, 2.45) is 5.73 Å². The number of rotatable bonds is 16. The molecule has 1 aliphatic rings. The molecule has 0 saturated carbocycles. The van der Waals surface area contributed by atoms with Crippen LogP contribution in [0.15, 0.2) is 0 Å². The maximum absolute atomic E-state index is 11.6. The first kappa shape index (κ1) is 22.1. The van der Waals surface area contributed by atoms with Gasteiger partial charge in [-0.3, -0.25) is 4.79 Å². The predicted octanol–water partition coefficient (Wildman–Crippen LogP) is 2.25. The van der Waals surface area contributed by atoms with E-state index in [1.54, 1.807) is 0 Å². The Hall–Kier alpha value is 0.0100. The van der Waals surface area contributed by atoms with E-state index in [9.17, 15) is 4.79 Å². The number of hydrogen-bond donors (Lipinski definition) is 1. The topological polar surface area (TPSA) is 80.0 Å². The average molecular weight is 382 g/mol. The number of unbranched alkanes of at least 4 members (excludes halogenated alkanes) is 1. The van der Waals surface area contributed by atoms with Gasteiger partial charge in [0.15, 0.2) is 0 Å². The summed E-state index contributed by atoms with van der Waals surface area (Å²) in [6, 6.07) is 0. The third-order valence-corrected chi connectivity index (χ3v) is 6.39. The molecule has 0 radical (unpaired) electrons. The lowest BCUT2D eigenvalue weighted by atomic mass is 10.1. The van der Waals surface area contributed by atoms with Crippen LogP contribution in [0, 0.1) is 0 Å². The highest BCUT2D eigenvalue weighted by molar-refractivity contribution is 8.77. The van der Waals surface area contributed by atoms with Gasteiger partial charge in [-0.2, -0.15) is 0 Å². The molecule has 0 bridgehead atoms. The number of hydrogen-bond acceptors (Lipinski definition) is 8. The predicted molar refractivity (Wildman–Crippen MR) is 99.4 cm³/mol. The number of ether oxygens (including phenoxy) is 4. The zero-order valence-electron chi connectivity index (χ0n) is 14.4. The van der Waals surface area contributed by atoms with Crippen LogP contribution in [0.5, 0.6) is 0 Å². The van der Waals surface area contributed by atoms with Gasteiger partial charge in [0.2, 0.25) is 0 Å². The minimum Gasteiger partial charge on any atom is -0.463 e. The molecule has 1 atom stereocenters. The van der Waals surface area contributed by atoms with Gasteiger partial charge in [-0.15, -0.1) is 0 Å². The lowest BCUT2D eigenvalue weighted by molar-refractivity contribution is -0.145. The summed E-state index contributed by atoms with van der Waals surface area (Å²) >= 11 is 0. The average Bonchev–Trinajstić information content (AvgIpc) is 3.10. The van der Waals surface area contributed by atoms with E-state index in [2.05, 4.69) is 0 Å². The summed E-state index contributed by atoms with van der Waals surface area (Å²) < 4.78 is 21.0. The van der Waals surface area contributed by atoms with Gasteiger partial charge in [0.05, 0.1) is 39.6 Å². The van der Waals surface area contributed by atoms with Gasteiger partial charge in [-0.05, 0) is 19.3 Å². The van der Waals surface area contributed by atoms with Crippen molar-refractivity contribution in [1.29, 1.82) is 0 Å². The van der Waals surface area contributed by atoms with Crippen molar-refractivity contribution in [3.8, 4) is 0 Å². The quantitative estimate of drug-likeness (QED) is 0.248. The third kappa shape index (κ3) is 13.3. The summed E-state index contributed by atoms with van der Waals surface area (Å²) in [7, 11) is 3.96. The van der Waals surface area contributed by atoms with Crippen LogP contribution < -0.4 is 5.73 Å². The summed E-state index contributed by atoms with van der Waals surface area (Å²) in [6.45, 7) is 3.90. The zero-order valence-corrected chi connectivity index (χ0v) is 16.0. The Labute approximate surface area is 153 Å². The molecule has 1 rings (SSSR count). The molecule has 2 N–H and O–H groups in total. The van der Waals surface area contributed by atoms with Crippen LogP contribution in [0.25, 0.3) is 0 Å². The van der Waals surface area contributed by atoms with Gasteiger partial charge in [-0.1, -0.05) is 28.0 Å². The molecule has 1 saturated heterocycles. The molecule has 0 spiro atoms. The minimum atomic E-state index is -0.125. The fraction of sp³-hybridized carbons (Fsp3) is 0.938. The van der Waals surface area contributed by atoms with Crippen LogP contribution in [-0.4, -0.2) is 69.8 Å². The lowest BCUT2D eigenvalue weighted by Gasteiger charge is -2.08. The van der Waals surface area contributed by atoms with Crippen LogP contribution in [0.1, 0.15) is 32.1 Å². The molecule has 0 aromatic heterocycles. The molecular formula is C16H31NO5S2. The monoisotopic (exact) mass is 381 g/mol. The van der Waals surface area contributed by atoms with Crippen molar-refractivity contribution < 1.29 is 23.7 Å². The van der Waals surface area contributed by atoms with Gasteiger partial charge >= 0.3 is 5.97 Å². The highest BCUT2D eigenvalue weighted by Gasteiger charge is 2.15. The first-order valence-corrected chi connectivity index (χ1v) is 11.1. The van der Waals surface area contributed by atoms with Gasteiger partial charge in [0.1, 0.15) is 6.61 Å². The van der Waals surface area contributed by atoms with Crippen LogP contribution in [0.2, 0.25) is 0 Å². The van der Waals surface area contributed by atoms with Gasteiger partial charge in [0, 0.05) is 24.0 Å². The van der Waals surface area contributed by atoms with E-state index < -0.39 is 0 Å². The standard InChI is InChI=1S/C16H31NO5S2/c17-6-7-19-8-9-20-10-11-21-12-13-22-16(18)4-2-1-3-15-5-14-23-24-15/h15H,1-14,17H2. The first-order chi connectivity index (χ1) is 11.8. The van der Waals surface area contributed by atoms with E-state index >= 15 is 0 Å². The minimum absolute atomic E-state index is 0.125. The molecule has 0 aliphatic carbocycles. The lowest BCUT2D eigenvalue weighted by Crippen LogP contribution is -2.15. The molecule has 0 aromatic rings. The molecule has 1 unspecified atom stereocenters. The van der Waals surface area contributed by atoms with Crippen LogP contribution in [-0.2, 0) is 23.7 Å². The zero-order chi connectivity index (χ0) is 17.3. The fourth-order valence-electron chi connectivity index (χ4n) is 2.12. The molecule has 142 valence electrons. The van der Waals surface area contributed by atoms with Crippen LogP contribution >= 0.6 is 21.6 Å². The Morgan fingerprint density at radius 1 is 0.958 bits per heavy atom. The maximum atomic E-state index is 11.6. The SMILES string of the molecule is NCCOCCOCCOCCOC(=O)CCCCC1CCSS1. The van der Waals surface area contributed by atoms with Crippen LogP contribution in [0.4, 0.5) is 0 Å². The summed E-state index contributed by atoms with van der Waals surface area (Å²) in [6.07, 6.45) is 5.06. The van der Waals surface area contributed by atoms with Gasteiger partial charge in [-0.25, -0.2) is 0 Å². The van der Waals surface area contributed by atoms with E-state index in [0.29, 0.717) is 59.2 Å². The molecule has 8 heteroatoms. The Balaban J connectivity index is 1.74. The van der Waals surface area contributed by atoms with E-state index in [1.807, 2.05) is 21.6 Å². The molecule has 24 heavy (non-hydrogen) atoms. The number of nitrogens with two attached hydrogens (primary N) is 1. The smallest absolute Gasteiger partial charge is 0.305 e. The molecule has 1 aliphatic heterocycles. The second kappa shape index (κ2) is 16.5. The van der Waals surface area contributed by atoms with Crippen molar-refractivity contribution in [1.82, 2.24) is 0 Å². The number of esters is 1. The van der Waals surface area contributed by atoms with Crippen molar-refractivity contribution >= 4 is 27.6 Å². The second-order valence-corrected chi connectivity index (χ2v) is 8.21. The molecule has 0 aromatic carbocycles. The van der Waals surface area contributed by atoms with E-state index in [0.717, 1.165) is 18.1 Å². The molecule has 6 nitrogen and oxygen atoms in total. The van der Waals surface area contributed by atoms with E-state index in [4.69, 9.17) is 24.7 Å². The summed E-state index contributed by atoms with van der Waals surface area (Å²) in [5.41, 5.74) is 5.30. The van der Waals surface area contributed by atoms with Gasteiger partial charge in [0.25, 0.3) is 0 Å². The third-order valence-electron chi connectivity index (χ3n) is 3.38. The Morgan fingerprint density at radius 2 is 1.62 bits per heavy atom. The number of carbonyl (C=O) groups is 1. The van der Waals surface area contributed by atoms with Gasteiger partial charge < -0.3 is 24.7 Å². The Morgan fingerprint density at radius 3 is 2.25 bits per heavy atom. The maximum Gasteiger partial charge on any atom is 0.305 e. The van der Waals surface area contributed by atoms with Crippen LogP contribution in [0.3, 0.4) is 0 Å². The number of carbonyl (C=O) groups excluding carboxylic acids is 1. The summed E-state index contributed by atoms with van der Waals surface area (Å²) in [4.78, 5) is 11.6. The van der Waals surface area contributed by atoms with Crippen molar-refractivity contribution in [3.05, 3.63) is 0 Å².